The molecule has 0 N–H and O–H groups in total. The van der Waals surface area contributed by atoms with Gasteiger partial charge in [-0.2, -0.15) is 5.10 Å². The third-order valence-corrected chi connectivity index (χ3v) is 6.46. The van der Waals surface area contributed by atoms with Gasteiger partial charge in [0, 0.05) is 23.1 Å². The Morgan fingerprint density at radius 3 is 2.31 bits per heavy atom. The lowest BCUT2D eigenvalue weighted by atomic mass is 9.95. The second-order valence-electron chi connectivity index (χ2n) is 8.41. The smallest absolute Gasteiger partial charge is 0.214 e. The maximum absolute atomic E-state index is 6.63. The summed E-state index contributed by atoms with van der Waals surface area (Å²) in [4.78, 5) is 0. The van der Waals surface area contributed by atoms with Gasteiger partial charge in [0.1, 0.15) is 5.75 Å². The molecule has 8 nitrogen and oxygen atoms in total. The molecule has 2 heterocycles. The second kappa shape index (κ2) is 9.89. The zero-order valence-corrected chi connectivity index (χ0v) is 21.1. The van der Waals surface area contributed by atoms with Gasteiger partial charge in [0.25, 0.3) is 0 Å². The molecule has 2 aliphatic heterocycles. The molecule has 0 radical (unpaired) electrons. The maximum Gasteiger partial charge on any atom is 0.214 e. The fourth-order valence-corrected chi connectivity index (χ4v) is 4.79. The number of methoxy groups -OCH3 is 4. The fraction of sp³-hybridized carbons (Fsp3) is 0.321. The summed E-state index contributed by atoms with van der Waals surface area (Å²) in [6.45, 7) is 2.50. The van der Waals surface area contributed by atoms with Crippen LogP contribution in [0.2, 0.25) is 0 Å². The number of para-hydroxylation sites is 1. The van der Waals surface area contributed by atoms with Crippen molar-refractivity contribution in [1.29, 1.82) is 0 Å². The summed E-state index contributed by atoms with van der Waals surface area (Å²) in [7, 11) is 6.45. The van der Waals surface area contributed by atoms with Crippen molar-refractivity contribution in [1.82, 2.24) is 5.01 Å². The summed E-state index contributed by atoms with van der Waals surface area (Å²) in [6.07, 6.45) is 0.168. The standard InChI is InChI=1S/C28H30N2O6/c1-6-35-23-12-8-11-20-22-16-21(17-9-7-10-19(13-17)31-2)29-30(22)28(36-26(20)23)18-14-24(32-3)27(34-5)25(15-18)33-4/h7-15,22,28H,6,16H2,1-5H3/t22-,28+/m1/s1. The molecule has 5 rings (SSSR count). The average molecular weight is 491 g/mol. The topological polar surface area (TPSA) is 71.0 Å². The Morgan fingerprint density at radius 2 is 1.64 bits per heavy atom. The van der Waals surface area contributed by atoms with E-state index in [0.717, 1.165) is 33.9 Å². The molecule has 8 heteroatoms. The minimum atomic E-state index is -0.541. The zero-order chi connectivity index (χ0) is 25.2. The molecule has 0 aromatic heterocycles. The van der Waals surface area contributed by atoms with E-state index in [9.17, 15) is 0 Å². The minimum Gasteiger partial charge on any atom is -0.497 e. The third kappa shape index (κ3) is 4.02. The summed E-state index contributed by atoms with van der Waals surface area (Å²) in [5, 5.41) is 7.06. The SMILES string of the molecule is CCOc1cccc2c1O[C@@H](c1cc(OC)c(OC)c(OC)c1)N1N=C(c3cccc(OC)c3)C[C@H]21. The van der Waals surface area contributed by atoms with Crippen LogP contribution in [0.15, 0.2) is 59.7 Å². The van der Waals surface area contributed by atoms with Crippen molar-refractivity contribution < 1.29 is 28.4 Å². The van der Waals surface area contributed by atoms with E-state index >= 15 is 0 Å². The van der Waals surface area contributed by atoms with Crippen molar-refractivity contribution in [2.75, 3.05) is 35.0 Å². The lowest BCUT2D eigenvalue weighted by Gasteiger charge is -2.39. The van der Waals surface area contributed by atoms with Crippen LogP contribution in [0.4, 0.5) is 0 Å². The van der Waals surface area contributed by atoms with Crippen LogP contribution in [-0.2, 0) is 0 Å². The number of hydrogen-bond donors (Lipinski definition) is 0. The van der Waals surface area contributed by atoms with Crippen LogP contribution < -0.4 is 28.4 Å². The molecule has 0 amide bonds. The van der Waals surface area contributed by atoms with Crippen LogP contribution in [0, 0.1) is 0 Å². The van der Waals surface area contributed by atoms with Gasteiger partial charge in [0.2, 0.25) is 12.0 Å². The highest BCUT2D eigenvalue weighted by Crippen LogP contribution is 2.52. The molecule has 0 unspecified atom stereocenters. The molecule has 0 saturated heterocycles. The van der Waals surface area contributed by atoms with E-state index in [1.807, 2.05) is 60.5 Å². The van der Waals surface area contributed by atoms with Gasteiger partial charge >= 0.3 is 0 Å². The second-order valence-corrected chi connectivity index (χ2v) is 8.41. The summed E-state index contributed by atoms with van der Waals surface area (Å²) in [5.41, 5.74) is 3.82. The first kappa shape index (κ1) is 23.7. The first-order valence-corrected chi connectivity index (χ1v) is 11.8. The zero-order valence-electron chi connectivity index (χ0n) is 21.1. The summed E-state index contributed by atoms with van der Waals surface area (Å²) < 4.78 is 34.8. The predicted octanol–water partition coefficient (Wildman–Crippen LogP) is 5.36. The van der Waals surface area contributed by atoms with Crippen LogP contribution in [0.5, 0.6) is 34.5 Å². The Kier molecular flexibility index (Phi) is 6.50. The Labute approximate surface area is 210 Å². The molecule has 0 spiro atoms. The normalized spacial score (nSPS) is 17.9. The number of hydrogen-bond acceptors (Lipinski definition) is 8. The van der Waals surface area contributed by atoms with Crippen molar-refractivity contribution in [3.05, 3.63) is 71.3 Å². The molecular weight excluding hydrogens is 460 g/mol. The van der Waals surface area contributed by atoms with Gasteiger partial charge in [-0.15, -0.1) is 0 Å². The van der Waals surface area contributed by atoms with Crippen molar-refractivity contribution in [2.45, 2.75) is 25.6 Å². The lowest BCUT2D eigenvalue weighted by molar-refractivity contribution is -0.0214. The van der Waals surface area contributed by atoms with Crippen LogP contribution >= 0.6 is 0 Å². The summed E-state index contributed by atoms with van der Waals surface area (Å²) in [6, 6.07) is 17.7. The number of ether oxygens (including phenoxy) is 6. The molecular formula is C28H30N2O6. The number of benzene rings is 3. The minimum absolute atomic E-state index is 0.0422. The van der Waals surface area contributed by atoms with Crippen LogP contribution in [0.25, 0.3) is 0 Å². The molecule has 2 aliphatic rings. The molecule has 188 valence electrons. The predicted molar refractivity (Wildman–Crippen MR) is 136 cm³/mol. The van der Waals surface area contributed by atoms with E-state index < -0.39 is 6.23 Å². The van der Waals surface area contributed by atoms with Crippen LogP contribution in [0.1, 0.15) is 42.3 Å². The van der Waals surface area contributed by atoms with Gasteiger partial charge in [-0.1, -0.05) is 24.3 Å². The molecule has 0 aliphatic carbocycles. The number of rotatable bonds is 8. The Hall–Kier alpha value is -4.07. The van der Waals surface area contributed by atoms with Gasteiger partial charge in [0.15, 0.2) is 23.0 Å². The first-order chi connectivity index (χ1) is 17.6. The van der Waals surface area contributed by atoms with E-state index in [-0.39, 0.29) is 6.04 Å². The Bertz CT molecular complexity index is 1270. The lowest BCUT2D eigenvalue weighted by Crippen LogP contribution is -2.34. The van der Waals surface area contributed by atoms with Crippen LogP contribution in [0.3, 0.4) is 0 Å². The van der Waals surface area contributed by atoms with E-state index in [4.69, 9.17) is 33.5 Å². The van der Waals surface area contributed by atoms with Gasteiger partial charge in [-0.05, 0) is 37.3 Å². The Balaban J connectivity index is 1.65. The first-order valence-electron chi connectivity index (χ1n) is 11.8. The third-order valence-electron chi connectivity index (χ3n) is 6.46. The van der Waals surface area contributed by atoms with E-state index in [2.05, 4.69) is 6.07 Å². The monoisotopic (exact) mass is 490 g/mol. The van der Waals surface area contributed by atoms with E-state index in [1.165, 1.54) is 0 Å². The maximum atomic E-state index is 6.63. The fourth-order valence-electron chi connectivity index (χ4n) is 4.79. The molecule has 0 fully saturated rings. The van der Waals surface area contributed by atoms with Crippen molar-refractivity contribution in [3.8, 4) is 34.5 Å². The van der Waals surface area contributed by atoms with Gasteiger partial charge < -0.3 is 28.4 Å². The van der Waals surface area contributed by atoms with Crippen molar-refractivity contribution in [3.63, 3.8) is 0 Å². The number of fused-ring (bicyclic) bond motifs is 3. The summed E-state index contributed by atoms with van der Waals surface area (Å²) >= 11 is 0. The average Bonchev–Trinajstić information content (AvgIpc) is 3.38. The molecule has 36 heavy (non-hydrogen) atoms. The molecule has 3 aromatic carbocycles. The van der Waals surface area contributed by atoms with Crippen molar-refractivity contribution >= 4 is 5.71 Å². The Morgan fingerprint density at radius 1 is 0.889 bits per heavy atom. The van der Waals surface area contributed by atoms with Crippen molar-refractivity contribution in [2.24, 2.45) is 5.10 Å². The molecule has 2 atom stereocenters. The van der Waals surface area contributed by atoms with Crippen LogP contribution in [-0.4, -0.2) is 45.8 Å². The van der Waals surface area contributed by atoms with E-state index in [1.54, 1.807) is 28.4 Å². The highest BCUT2D eigenvalue weighted by atomic mass is 16.5. The highest BCUT2D eigenvalue weighted by Gasteiger charge is 2.42. The molecule has 0 saturated carbocycles. The quantitative estimate of drug-likeness (QED) is 0.421. The van der Waals surface area contributed by atoms with E-state index in [0.29, 0.717) is 36.0 Å². The van der Waals surface area contributed by atoms with Gasteiger partial charge in [-0.25, -0.2) is 5.01 Å². The highest BCUT2D eigenvalue weighted by molar-refractivity contribution is 6.02. The molecule has 3 aromatic rings. The number of hydrazone groups is 1. The van der Waals surface area contributed by atoms with Gasteiger partial charge in [0.05, 0.1) is 46.8 Å². The van der Waals surface area contributed by atoms with Gasteiger partial charge in [-0.3, -0.25) is 0 Å². The summed E-state index contributed by atoms with van der Waals surface area (Å²) in [5.74, 6) is 3.84. The largest absolute Gasteiger partial charge is 0.497 e. The molecule has 0 bridgehead atoms. The number of nitrogens with zero attached hydrogens (tertiary/aromatic N) is 2.